The van der Waals surface area contributed by atoms with Crippen LogP contribution in [0.5, 0.6) is 0 Å². The molecule has 1 aliphatic heterocycles. The van der Waals surface area contributed by atoms with Crippen molar-refractivity contribution >= 4 is 16.6 Å². The lowest BCUT2D eigenvalue weighted by molar-refractivity contribution is 0.390. The monoisotopic (exact) mass is 320 g/mol. The number of hydrogen-bond acceptors (Lipinski definition) is 6. The largest absolute Gasteiger partial charge is 0.357 e. The summed E-state index contributed by atoms with van der Waals surface area (Å²) < 4.78 is 16.7. The van der Waals surface area contributed by atoms with Gasteiger partial charge in [0.1, 0.15) is 11.6 Å². The number of aromatic nitrogens is 3. The molecular weight excluding hydrogens is 300 g/mol. The number of pyridine rings is 1. The van der Waals surface area contributed by atoms with Gasteiger partial charge in [0.05, 0.1) is 0 Å². The smallest absolute Gasteiger partial charge is 0.239 e. The predicted octanol–water partition coefficient (Wildman–Crippen LogP) is 2.39. The predicted molar refractivity (Wildman–Crippen MR) is 86.0 cm³/mol. The van der Waals surface area contributed by atoms with Crippen molar-refractivity contribution in [1.29, 1.82) is 0 Å². The zero-order valence-electron chi connectivity index (χ0n) is 12.7. The van der Waals surface area contributed by atoms with E-state index < -0.39 is 10.8 Å². The molecule has 1 fully saturated rings. The Bertz CT molecular complexity index is 635. The standard InChI is InChI=1S/C15H20N4O2S/c1-2-22(20)11-14-17-15(18-21-14)12-6-7-13(16-10-12)19-8-4-3-5-9-19/h6-7,10H,2-5,8-9,11H2,1H3. The molecule has 2 aromatic rings. The van der Waals surface area contributed by atoms with Crippen molar-refractivity contribution in [3.8, 4) is 11.4 Å². The highest BCUT2D eigenvalue weighted by Crippen LogP contribution is 2.21. The SMILES string of the molecule is CCS(=O)Cc1nc(-c2ccc(N3CCCCC3)nc2)no1. The molecule has 0 radical (unpaired) electrons. The molecule has 3 rings (SSSR count). The number of nitrogens with zero attached hydrogens (tertiary/aromatic N) is 4. The average molecular weight is 320 g/mol. The molecule has 1 unspecified atom stereocenters. The van der Waals surface area contributed by atoms with Crippen LogP contribution in [-0.2, 0) is 16.6 Å². The van der Waals surface area contributed by atoms with Crippen molar-refractivity contribution in [2.45, 2.75) is 31.9 Å². The second kappa shape index (κ2) is 7.00. The molecule has 22 heavy (non-hydrogen) atoms. The minimum atomic E-state index is -0.947. The minimum absolute atomic E-state index is 0.308. The summed E-state index contributed by atoms with van der Waals surface area (Å²) in [5.74, 6) is 2.81. The Labute approximate surface area is 132 Å². The van der Waals surface area contributed by atoms with Crippen LogP contribution in [0.25, 0.3) is 11.4 Å². The highest BCUT2D eigenvalue weighted by molar-refractivity contribution is 7.84. The Morgan fingerprint density at radius 3 is 2.77 bits per heavy atom. The molecule has 118 valence electrons. The number of piperidine rings is 1. The molecule has 0 amide bonds. The molecule has 3 heterocycles. The Morgan fingerprint density at radius 2 is 2.09 bits per heavy atom. The van der Waals surface area contributed by atoms with E-state index in [1.54, 1.807) is 6.20 Å². The summed E-state index contributed by atoms with van der Waals surface area (Å²) in [5.41, 5.74) is 0.818. The number of rotatable bonds is 5. The maximum absolute atomic E-state index is 11.5. The van der Waals surface area contributed by atoms with E-state index in [1.165, 1.54) is 19.3 Å². The molecule has 2 aromatic heterocycles. The first kappa shape index (κ1) is 15.1. The lowest BCUT2D eigenvalue weighted by Gasteiger charge is -2.27. The molecule has 1 atom stereocenters. The molecule has 0 N–H and O–H groups in total. The van der Waals surface area contributed by atoms with Crippen LogP contribution in [0.4, 0.5) is 5.82 Å². The fourth-order valence-corrected chi connectivity index (χ4v) is 3.10. The van der Waals surface area contributed by atoms with Gasteiger partial charge in [-0.2, -0.15) is 4.98 Å². The van der Waals surface area contributed by atoms with Gasteiger partial charge in [0.25, 0.3) is 0 Å². The third-order valence-corrected chi connectivity index (χ3v) is 4.97. The van der Waals surface area contributed by atoms with Crippen LogP contribution >= 0.6 is 0 Å². The van der Waals surface area contributed by atoms with Crippen LogP contribution in [0, 0.1) is 0 Å². The van der Waals surface area contributed by atoms with E-state index in [9.17, 15) is 4.21 Å². The maximum atomic E-state index is 11.5. The summed E-state index contributed by atoms with van der Waals surface area (Å²) >= 11 is 0. The van der Waals surface area contributed by atoms with E-state index in [-0.39, 0.29) is 0 Å². The topological polar surface area (TPSA) is 72.1 Å². The van der Waals surface area contributed by atoms with Crippen molar-refractivity contribution in [1.82, 2.24) is 15.1 Å². The first-order chi connectivity index (χ1) is 10.8. The highest BCUT2D eigenvalue weighted by Gasteiger charge is 2.14. The van der Waals surface area contributed by atoms with E-state index in [1.807, 2.05) is 19.1 Å². The van der Waals surface area contributed by atoms with Gasteiger partial charge >= 0.3 is 0 Å². The van der Waals surface area contributed by atoms with Crippen LogP contribution < -0.4 is 4.90 Å². The molecule has 0 aromatic carbocycles. The molecule has 1 aliphatic rings. The first-order valence-corrected chi connectivity index (χ1v) is 9.14. The van der Waals surface area contributed by atoms with Crippen LogP contribution in [0.3, 0.4) is 0 Å². The van der Waals surface area contributed by atoms with Gasteiger partial charge in [-0.05, 0) is 31.4 Å². The fraction of sp³-hybridized carbons (Fsp3) is 0.533. The normalized spacial score (nSPS) is 16.7. The lowest BCUT2D eigenvalue weighted by Crippen LogP contribution is -2.29. The summed E-state index contributed by atoms with van der Waals surface area (Å²) in [6.45, 7) is 4.01. The third kappa shape index (κ3) is 3.52. The number of anilines is 1. The van der Waals surface area contributed by atoms with Crippen molar-refractivity contribution in [2.75, 3.05) is 23.7 Å². The minimum Gasteiger partial charge on any atom is -0.357 e. The third-order valence-electron chi connectivity index (χ3n) is 3.76. The van der Waals surface area contributed by atoms with E-state index in [2.05, 4.69) is 20.0 Å². The van der Waals surface area contributed by atoms with Crippen molar-refractivity contribution in [2.24, 2.45) is 0 Å². The maximum Gasteiger partial charge on any atom is 0.239 e. The van der Waals surface area contributed by atoms with Gasteiger partial charge < -0.3 is 9.42 Å². The van der Waals surface area contributed by atoms with Gasteiger partial charge in [0, 0.05) is 41.4 Å². The van der Waals surface area contributed by atoms with Gasteiger partial charge in [-0.15, -0.1) is 0 Å². The Hall–Kier alpha value is -1.76. The Balaban J connectivity index is 1.71. The summed E-state index contributed by atoms with van der Waals surface area (Å²) in [6, 6.07) is 3.96. The van der Waals surface area contributed by atoms with Gasteiger partial charge in [0.2, 0.25) is 11.7 Å². The van der Waals surface area contributed by atoms with Gasteiger partial charge in [-0.25, -0.2) is 4.98 Å². The summed E-state index contributed by atoms with van der Waals surface area (Å²) in [7, 11) is -0.947. The number of hydrogen-bond donors (Lipinski definition) is 0. The summed E-state index contributed by atoms with van der Waals surface area (Å²) in [5, 5.41) is 3.94. The second-order valence-corrected chi connectivity index (χ2v) is 7.08. The fourth-order valence-electron chi connectivity index (χ4n) is 2.50. The molecule has 6 nitrogen and oxygen atoms in total. The highest BCUT2D eigenvalue weighted by atomic mass is 32.2. The summed E-state index contributed by atoms with van der Waals surface area (Å²) in [6.07, 6.45) is 5.53. The van der Waals surface area contributed by atoms with E-state index in [0.717, 1.165) is 24.5 Å². The van der Waals surface area contributed by atoms with Gasteiger partial charge in [0.15, 0.2) is 0 Å². The molecule has 7 heteroatoms. The van der Waals surface area contributed by atoms with E-state index >= 15 is 0 Å². The quantitative estimate of drug-likeness (QED) is 0.842. The van der Waals surface area contributed by atoms with Crippen molar-refractivity contribution in [3.63, 3.8) is 0 Å². The Kier molecular flexibility index (Phi) is 4.82. The van der Waals surface area contributed by atoms with Crippen molar-refractivity contribution < 1.29 is 8.73 Å². The van der Waals surface area contributed by atoms with Crippen LogP contribution in [0.15, 0.2) is 22.9 Å². The zero-order valence-corrected chi connectivity index (χ0v) is 13.5. The van der Waals surface area contributed by atoms with Crippen LogP contribution in [-0.4, -0.2) is 38.2 Å². The zero-order chi connectivity index (χ0) is 15.4. The van der Waals surface area contributed by atoms with E-state index in [4.69, 9.17) is 4.52 Å². The molecular formula is C15H20N4O2S. The van der Waals surface area contributed by atoms with E-state index in [0.29, 0.717) is 23.2 Å². The van der Waals surface area contributed by atoms with Crippen LogP contribution in [0.2, 0.25) is 0 Å². The molecule has 0 bridgehead atoms. The molecule has 0 aliphatic carbocycles. The molecule has 0 saturated carbocycles. The van der Waals surface area contributed by atoms with Gasteiger partial charge in [-0.1, -0.05) is 12.1 Å². The summed E-state index contributed by atoms with van der Waals surface area (Å²) in [4.78, 5) is 11.1. The first-order valence-electron chi connectivity index (χ1n) is 7.65. The average Bonchev–Trinajstić information content (AvgIpc) is 3.04. The lowest BCUT2D eigenvalue weighted by atomic mass is 10.1. The Morgan fingerprint density at radius 1 is 1.27 bits per heavy atom. The van der Waals surface area contributed by atoms with Gasteiger partial charge in [-0.3, -0.25) is 4.21 Å². The second-order valence-electron chi connectivity index (χ2n) is 5.34. The molecule has 0 spiro atoms. The molecule has 1 saturated heterocycles. The van der Waals surface area contributed by atoms with Crippen molar-refractivity contribution in [3.05, 3.63) is 24.2 Å². The van der Waals surface area contributed by atoms with Crippen LogP contribution in [0.1, 0.15) is 32.1 Å².